The number of benzene rings is 2. The van der Waals surface area contributed by atoms with E-state index in [1.165, 1.54) is 23.1 Å². The van der Waals surface area contributed by atoms with Crippen molar-refractivity contribution in [2.24, 2.45) is 0 Å². The molecule has 0 amide bonds. The molecule has 9 heteroatoms. The van der Waals surface area contributed by atoms with Crippen LogP contribution in [0.4, 0.5) is 34.6 Å². The highest BCUT2D eigenvalue weighted by Crippen LogP contribution is 2.30. The molecule has 0 bridgehead atoms. The lowest BCUT2D eigenvalue weighted by molar-refractivity contribution is -0.387. The van der Waals surface area contributed by atoms with Gasteiger partial charge in [0.05, 0.1) is 4.92 Å². The molecule has 0 atom stereocenters. The van der Waals surface area contributed by atoms with Gasteiger partial charge >= 0.3 is 12.0 Å². The fraction of sp³-hybridized carbons (Fsp3) is 0.143. The Kier molecular flexibility index (Phi) is 4.39. The number of nitro groups is 1. The van der Waals surface area contributed by atoms with Gasteiger partial charge in [-0.2, -0.15) is 4.39 Å². The summed E-state index contributed by atoms with van der Waals surface area (Å²) in [5.41, 5.74) is 0.0986. The van der Waals surface area contributed by atoms with Gasteiger partial charge < -0.3 is 9.64 Å². The number of alkyl halides is 3. The highest BCUT2D eigenvalue weighted by molar-refractivity contribution is 5.64. The van der Waals surface area contributed by atoms with E-state index in [2.05, 4.69) is 4.74 Å². The van der Waals surface area contributed by atoms with E-state index < -0.39 is 22.8 Å². The average Bonchev–Trinajstić information content (AvgIpc) is 2.45. The number of anilines is 2. The molecule has 0 aliphatic rings. The van der Waals surface area contributed by atoms with Gasteiger partial charge in [-0.25, -0.2) is 0 Å². The van der Waals surface area contributed by atoms with Crippen LogP contribution in [0.15, 0.2) is 42.5 Å². The first-order valence-corrected chi connectivity index (χ1v) is 6.21. The van der Waals surface area contributed by atoms with Gasteiger partial charge in [0.15, 0.2) is 0 Å². The third-order valence-corrected chi connectivity index (χ3v) is 2.97. The first-order chi connectivity index (χ1) is 10.7. The van der Waals surface area contributed by atoms with E-state index in [4.69, 9.17) is 0 Å². The Hall–Kier alpha value is -2.84. The minimum atomic E-state index is -4.78. The maximum atomic E-state index is 13.6. The topological polar surface area (TPSA) is 55.6 Å². The zero-order valence-electron chi connectivity index (χ0n) is 11.7. The summed E-state index contributed by atoms with van der Waals surface area (Å²) >= 11 is 0. The number of nitrogens with zero attached hydrogens (tertiary/aromatic N) is 2. The smallest absolute Gasteiger partial charge is 0.406 e. The van der Waals surface area contributed by atoms with Crippen molar-refractivity contribution in [2.75, 3.05) is 11.9 Å². The van der Waals surface area contributed by atoms with Gasteiger partial charge in [0.25, 0.3) is 0 Å². The summed E-state index contributed by atoms with van der Waals surface area (Å²) in [7, 11) is 1.54. The highest BCUT2D eigenvalue weighted by Gasteiger charge is 2.31. The lowest BCUT2D eigenvalue weighted by Gasteiger charge is -2.20. The van der Waals surface area contributed by atoms with Crippen LogP contribution in [0.2, 0.25) is 0 Å². The molecule has 0 aliphatic heterocycles. The zero-order valence-corrected chi connectivity index (χ0v) is 11.7. The Balaban J connectivity index is 2.22. The van der Waals surface area contributed by atoms with Crippen molar-refractivity contribution in [3.63, 3.8) is 0 Å². The summed E-state index contributed by atoms with van der Waals surface area (Å²) in [6, 6.07) is 8.24. The van der Waals surface area contributed by atoms with E-state index in [1.807, 2.05) is 0 Å². The van der Waals surface area contributed by atoms with Crippen LogP contribution >= 0.6 is 0 Å². The van der Waals surface area contributed by atoms with Gasteiger partial charge in [-0.05, 0) is 30.3 Å². The van der Waals surface area contributed by atoms with Crippen molar-refractivity contribution in [1.82, 2.24) is 0 Å². The van der Waals surface area contributed by atoms with Crippen molar-refractivity contribution in [1.29, 1.82) is 0 Å². The van der Waals surface area contributed by atoms with Crippen LogP contribution in [0.3, 0.4) is 0 Å². The maximum Gasteiger partial charge on any atom is 0.573 e. The van der Waals surface area contributed by atoms with Crippen molar-refractivity contribution in [2.45, 2.75) is 6.36 Å². The molecule has 5 nitrogen and oxygen atoms in total. The summed E-state index contributed by atoms with van der Waals surface area (Å²) < 4.78 is 53.6. The van der Waals surface area contributed by atoms with Crippen LogP contribution in [0.25, 0.3) is 0 Å². The lowest BCUT2D eigenvalue weighted by Crippen LogP contribution is -2.17. The Labute approximate surface area is 127 Å². The largest absolute Gasteiger partial charge is 0.573 e. The number of halogens is 4. The number of hydrogen-bond acceptors (Lipinski definition) is 4. The van der Waals surface area contributed by atoms with Crippen molar-refractivity contribution < 1.29 is 27.2 Å². The van der Waals surface area contributed by atoms with Crippen LogP contribution < -0.4 is 9.64 Å². The normalized spacial score (nSPS) is 11.2. The van der Waals surface area contributed by atoms with Gasteiger partial charge in [-0.15, -0.1) is 13.2 Å². The third-order valence-electron chi connectivity index (χ3n) is 2.97. The Morgan fingerprint density at radius 3 is 2.13 bits per heavy atom. The molecule has 0 saturated carbocycles. The van der Waals surface area contributed by atoms with Gasteiger partial charge in [0.1, 0.15) is 5.75 Å². The predicted molar refractivity (Wildman–Crippen MR) is 74.2 cm³/mol. The molecular formula is C14H10F4N2O3. The summed E-state index contributed by atoms with van der Waals surface area (Å²) in [6.07, 6.45) is -4.78. The van der Waals surface area contributed by atoms with Crippen LogP contribution in [0, 0.1) is 15.9 Å². The minimum absolute atomic E-state index is 0.303. The summed E-state index contributed by atoms with van der Waals surface area (Å²) in [5, 5.41) is 10.6. The monoisotopic (exact) mass is 330 g/mol. The molecule has 23 heavy (non-hydrogen) atoms. The predicted octanol–water partition coefficient (Wildman–Crippen LogP) is 4.40. The molecule has 2 rings (SSSR count). The van der Waals surface area contributed by atoms with E-state index >= 15 is 0 Å². The molecule has 2 aromatic carbocycles. The first-order valence-electron chi connectivity index (χ1n) is 6.21. The van der Waals surface area contributed by atoms with Crippen LogP contribution in [0.5, 0.6) is 5.75 Å². The zero-order chi connectivity index (χ0) is 17.2. The van der Waals surface area contributed by atoms with Gasteiger partial charge in [0, 0.05) is 30.6 Å². The molecule has 2 aromatic rings. The van der Waals surface area contributed by atoms with E-state index in [0.29, 0.717) is 11.4 Å². The molecule has 0 fully saturated rings. The van der Waals surface area contributed by atoms with Gasteiger partial charge in [-0.1, -0.05) is 0 Å². The molecule has 122 valence electrons. The summed E-state index contributed by atoms with van der Waals surface area (Å²) in [4.78, 5) is 11.2. The second-order valence-electron chi connectivity index (χ2n) is 4.49. The molecule has 0 radical (unpaired) electrons. The van der Waals surface area contributed by atoms with Crippen molar-refractivity contribution in [3.8, 4) is 5.75 Å². The SMILES string of the molecule is CN(c1ccc(OC(F)(F)F)cc1)c1ccc([N+](=O)[O-])c(F)c1. The molecule has 0 heterocycles. The number of ether oxygens (including phenoxy) is 1. The molecular weight excluding hydrogens is 320 g/mol. The molecule has 0 unspecified atom stereocenters. The quantitative estimate of drug-likeness (QED) is 0.474. The highest BCUT2D eigenvalue weighted by atomic mass is 19.4. The Morgan fingerprint density at radius 2 is 1.65 bits per heavy atom. The fourth-order valence-corrected chi connectivity index (χ4v) is 1.87. The van der Waals surface area contributed by atoms with Crippen LogP contribution in [-0.4, -0.2) is 18.3 Å². The maximum absolute atomic E-state index is 13.6. The lowest BCUT2D eigenvalue weighted by atomic mass is 10.2. The van der Waals surface area contributed by atoms with E-state index in [0.717, 1.165) is 24.3 Å². The number of rotatable bonds is 4. The third kappa shape index (κ3) is 4.09. The first kappa shape index (κ1) is 16.5. The van der Waals surface area contributed by atoms with Crippen LogP contribution in [-0.2, 0) is 0 Å². The second kappa shape index (κ2) is 6.11. The molecule has 0 spiro atoms. The van der Waals surface area contributed by atoms with E-state index in [9.17, 15) is 27.7 Å². The van der Waals surface area contributed by atoms with Crippen molar-refractivity contribution >= 4 is 17.1 Å². The second-order valence-corrected chi connectivity index (χ2v) is 4.49. The van der Waals surface area contributed by atoms with Crippen LogP contribution in [0.1, 0.15) is 0 Å². The molecule has 0 aliphatic carbocycles. The standard InChI is InChI=1S/C14H10F4N2O3/c1-19(10-4-7-13(20(21)22)12(15)8-10)9-2-5-11(6-3-9)23-14(16,17)18/h2-8H,1H3. The van der Waals surface area contributed by atoms with Gasteiger partial charge in [-0.3, -0.25) is 10.1 Å². The molecule has 0 aromatic heterocycles. The Morgan fingerprint density at radius 1 is 1.09 bits per heavy atom. The van der Waals surface area contributed by atoms with E-state index in [-0.39, 0.29) is 5.75 Å². The minimum Gasteiger partial charge on any atom is -0.406 e. The summed E-state index contributed by atoms with van der Waals surface area (Å²) in [6.45, 7) is 0. The van der Waals surface area contributed by atoms with Crippen molar-refractivity contribution in [3.05, 3.63) is 58.4 Å². The molecule has 0 N–H and O–H groups in total. The van der Waals surface area contributed by atoms with E-state index in [1.54, 1.807) is 7.05 Å². The number of nitro benzene ring substituents is 1. The fourth-order valence-electron chi connectivity index (χ4n) is 1.87. The van der Waals surface area contributed by atoms with Gasteiger partial charge in [0.2, 0.25) is 5.82 Å². The number of hydrogen-bond donors (Lipinski definition) is 0. The average molecular weight is 330 g/mol. The molecule has 0 saturated heterocycles. The summed E-state index contributed by atoms with van der Waals surface area (Å²) in [5.74, 6) is -1.39. The Bertz CT molecular complexity index is 717.